The van der Waals surface area contributed by atoms with Crippen molar-refractivity contribution in [1.82, 2.24) is 0 Å². The Morgan fingerprint density at radius 2 is 1.86 bits per heavy atom. The number of rotatable bonds is 10. The number of nitrogens with one attached hydrogen (secondary N) is 2. The molecule has 156 valence electrons. The lowest BCUT2D eigenvalue weighted by molar-refractivity contribution is -0.141. The Hall–Kier alpha value is -3.26. The first-order valence-corrected chi connectivity index (χ1v) is 9.18. The number of esters is 1. The molecule has 0 saturated heterocycles. The van der Waals surface area contributed by atoms with E-state index in [1.165, 1.54) is 7.11 Å². The largest absolute Gasteiger partial charge is 0.487 e. The number of nitrogens with two attached hydrogens (primary N) is 1. The summed E-state index contributed by atoms with van der Waals surface area (Å²) in [7, 11) is 1.31. The fourth-order valence-electron chi connectivity index (χ4n) is 2.63. The summed E-state index contributed by atoms with van der Waals surface area (Å²) >= 11 is 0. The predicted octanol–water partition coefficient (Wildman–Crippen LogP) is 2.46. The monoisotopic (exact) mass is 401 g/mol. The van der Waals surface area contributed by atoms with Crippen LogP contribution in [0.5, 0.6) is 11.5 Å². The summed E-state index contributed by atoms with van der Waals surface area (Å²) in [5.41, 5.74) is 7.33. The normalized spacial score (nSPS) is 11.6. The molecule has 0 bridgehead atoms. The predicted molar refractivity (Wildman–Crippen MR) is 111 cm³/mol. The van der Waals surface area contributed by atoms with Crippen LogP contribution in [0.3, 0.4) is 0 Å². The van der Waals surface area contributed by atoms with Gasteiger partial charge in [0.25, 0.3) is 0 Å². The van der Waals surface area contributed by atoms with Gasteiger partial charge in [-0.05, 0) is 55.8 Å². The van der Waals surface area contributed by atoms with Gasteiger partial charge < -0.3 is 30.4 Å². The lowest BCUT2D eigenvalue weighted by Crippen LogP contribution is -2.22. The topological polar surface area (TPSA) is 127 Å². The number of hydrogen-bond donors (Lipinski definition) is 4. The van der Waals surface area contributed by atoms with Gasteiger partial charge in [-0.25, -0.2) is 4.79 Å². The van der Waals surface area contributed by atoms with Gasteiger partial charge in [-0.15, -0.1) is 0 Å². The minimum atomic E-state index is -0.798. The van der Waals surface area contributed by atoms with Crippen LogP contribution in [0.1, 0.15) is 31.0 Å². The summed E-state index contributed by atoms with van der Waals surface area (Å²) in [6.45, 7) is 3.74. The van der Waals surface area contributed by atoms with Gasteiger partial charge in [0.05, 0.1) is 19.8 Å². The molecule has 0 aromatic heterocycles. The maximum atomic E-state index is 12.4. The number of aliphatic hydroxyl groups is 1. The van der Waals surface area contributed by atoms with Gasteiger partial charge in [0.15, 0.2) is 17.5 Å². The Bertz CT molecular complexity index is 837. The molecule has 2 aromatic rings. The van der Waals surface area contributed by atoms with Crippen LogP contribution in [0.25, 0.3) is 0 Å². The SMILES string of the molecule is COC(=O)C(Nc1ccc(C(=N)N)cc1)c1ccc(OC(C)C)c(OCCO)c1. The molecule has 8 heteroatoms. The Balaban J connectivity index is 2.35. The quantitative estimate of drug-likeness (QED) is 0.274. The number of carbonyl (C=O) groups is 1. The fraction of sp³-hybridized carbons (Fsp3) is 0.333. The standard InChI is InChI=1S/C21H27N3O5/c1-13(2)29-17-9-6-15(12-18(17)28-11-10-25)19(21(26)27-3)24-16-7-4-14(5-8-16)20(22)23/h4-9,12-13,19,24-25H,10-11H2,1-3H3,(H3,22,23). The first-order chi connectivity index (χ1) is 13.8. The molecule has 0 aliphatic heterocycles. The summed E-state index contributed by atoms with van der Waals surface area (Å²) in [6, 6.07) is 11.2. The zero-order valence-corrected chi connectivity index (χ0v) is 16.8. The number of nitrogen functional groups attached to an aromatic ring is 1. The second-order valence-electron chi connectivity index (χ2n) is 6.54. The number of aliphatic hydroxyl groups excluding tert-OH is 1. The van der Waals surface area contributed by atoms with Crippen LogP contribution in [0.15, 0.2) is 42.5 Å². The second kappa shape index (κ2) is 10.3. The smallest absolute Gasteiger partial charge is 0.332 e. The molecule has 0 fully saturated rings. The molecule has 0 aliphatic carbocycles. The highest BCUT2D eigenvalue weighted by atomic mass is 16.5. The van der Waals surface area contributed by atoms with E-state index in [2.05, 4.69) is 5.32 Å². The molecule has 0 radical (unpaired) electrons. The molecule has 8 nitrogen and oxygen atoms in total. The van der Waals surface area contributed by atoms with E-state index >= 15 is 0 Å². The maximum Gasteiger partial charge on any atom is 0.332 e. The number of anilines is 1. The molecule has 1 unspecified atom stereocenters. The Labute approximate surface area is 170 Å². The van der Waals surface area contributed by atoms with Crippen LogP contribution >= 0.6 is 0 Å². The van der Waals surface area contributed by atoms with Gasteiger partial charge >= 0.3 is 5.97 Å². The number of ether oxygens (including phenoxy) is 3. The van der Waals surface area contributed by atoms with Gasteiger partial charge in [-0.2, -0.15) is 0 Å². The van der Waals surface area contributed by atoms with E-state index in [4.69, 9.17) is 30.5 Å². The summed E-state index contributed by atoms with van der Waals surface area (Å²) < 4.78 is 16.3. The van der Waals surface area contributed by atoms with Crippen LogP contribution in [0.4, 0.5) is 5.69 Å². The number of benzene rings is 2. The van der Waals surface area contributed by atoms with Crippen molar-refractivity contribution in [3.8, 4) is 11.5 Å². The lowest BCUT2D eigenvalue weighted by Gasteiger charge is -2.21. The first-order valence-electron chi connectivity index (χ1n) is 9.18. The van der Waals surface area contributed by atoms with Crippen molar-refractivity contribution in [1.29, 1.82) is 5.41 Å². The Morgan fingerprint density at radius 1 is 1.17 bits per heavy atom. The zero-order chi connectivity index (χ0) is 21.4. The third kappa shape index (κ3) is 6.11. The molecular formula is C21H27N3O5. The number of methoxy groups -OCH3 is 1. The number of amidine groups is 1. The molecule has 1 atom stereocenters. The van der Waals surface area contributed by atoms with E-state index in [0.29, 0.717) is 28.3 Å². The van der Waals surface area contributed by atoms with Gasteiger partial charge in [0.1, 0.15) is 12.4 Å². The minimum Gasteiger partial charge on any atom is -0.487 e. The van der Waals surface area contributed by atoms with Crippen LogP contribution < -0.4 is 20.5 Å². The van der Waals surface area contributed by atoms with Crippen molar-refractivity contribution in [3.63, 3.8) is 0 Å². The lowest BCUT2D eigenvalue weighted by atomic mass is 10.1. The third-order valence-corrected chi connectivity index (χ3v) is 3.96. The highest BCUT2D eigenvalue weighted by Crippen LogP contribution is 2.33. The molecule has 29 heavy (non-hydrogen) atoms. The minimum absolute atomic E-state index is 0.0347. The molecule has 2 aromatic carbocycles. The van der Waals surface area contributed by atoms with Crippen molar-refractivity contribution in [2.24, 2.45) is 5.73 Å². The number of hydrogen-bond acceptors (Lipinski definition) is 7. The van der Waals surface area contributed by atoms with Crippen molar-refractivity contribution in [2.75, 3.05) is 25.6 Å². The van der Waals surface area contributed by atoms with E-state index in [1.807, 2.05) is 13.8 Å². The summed E-state index contributed by atoms with van der Waals surface area (Å²) in [5.74, 6) is 0.429. The van der Waals surface area contributed by atoms with E-state index in [-0.39, 0.29) is 25.2 Å². The van der Waals surface area contributed by atoms with Crippen molar-refractivity contribution >= 4 is 17.5 Å². The molecule has 5 N–H and O–H groups in total. The molecule has 2 rings (SSSR count). The van der Waals surface area contributed by atoms with Gasteiger partial charge in [0, 0.05) is 11.3 Å². The third-order valence-electron chi connectivity index (χ3n) is 3.96. The highest BCUT2D eigenvalue weighted by molar-refractivity contribution is 5.95. The summed E-state index contributed by atoms with van der Waals surface area (Å²) in [5, 5.41) is 19.7. The zero-order valence-electron chi connectivity index (χ0n) is 16.8. The molecule has 0 saturated carbocycles. The Morgan fingerprint density at radius 3 is 2.41 bits per heavy atom. The van der Waals surface area contributed by atoms with E-state index < -0.39 is 12.0 Å². The second-order valence-corrected chi connectivity index (χ2v) is 6.54. The average molecular weight is 401 g/mol. The first kappa shape index (κ1) is 22.0. The van der Waals surface area contributed by atoms with E-state index in [1.54, 1.807) is 42.5 Å². The molecule has 0 amide bonds. The molecule has 0 heterocycles. The molecule has 0 spiro atoms. The van der Waals surface area contributed by atoms with Gasteiger partial charge in [-0.3, -0.25) is 5.41 Å². The van der Waals surface area contributed by atoms with Crippen LogP contribution in [-0.4, -0.2) is 43.3 Å². The average Bonchev–Trinajstić information content (AvgIpc) is 2.70. The van der Waals surface area contributed by atoms with Gasteiger partial charge in [-0.1, -0.05) is 6.07 Å². The molecule has 0 aliphatic rings. The Kier molecular flexibility index (Phi) is 7.85. The maximum absolute atomic E-state index is 12.4. The highest BCUT2D eigenvalue weighted by Gasteiger charge is 2.23. The summed E-state index contributed by atoms with van der Waals surface area (Å²) in [6.07, 6.45) is -0.0633. The number of carbonyl (C=O) groups excluding carboxylic acids is 1. The van der Waals surface area contributed by atoms with Crippen molar-refractivity contribution in [2.45, 2.75) is 26.0 Å². The molecular weight excluding hydrogens is 374 g/mol. The van der Waals surface area contributed by atoms with Crippen LogP contribution in [-0.2, 0) is 9.53 Å². The van der Waals surface area contributed by atoms with E-state index in [9.17, 15) is 4.79 Å². The van der Waals surface area contributed by atoms with Crippen LogP contribution in [0, 0.1) is 5.41 Å². The van der Waals surface area contributed by atoms with Crippen LogP contribution in [0.2, 0.25) is 0 Å². The van der Waals surface area contributed by atoms with Gasteiger partial charge in [0.2, 0.25) is 0 Å². The van der Waals surface area contributed by atoms with Crippen molar-refractivity contribution in [3.05, 3.63) is 53.6 Å². The summed E-state index contributed by atoms with van der Waals surface area (Å²) in [4.78, 5) is 12.4. The van der Waals surface area contributed by atoms with Crippen molar-refractivity contribution < 1.29 is 24.1 Å². The van der Waals surface area contributed by atoms with E-state index in [0.717, 1.165) is 0 Å². The fourth-order valence-corrected chi connectivity index (χ4v) is 2.63.